The van der Waals surface area contributed by atoms with Crippen molar-refractivity contribution in [3.05, 3.63) is 52.5 Å². The first-order valence-electron chi connectivity index (χ1n) is 6.23. The molecule has 0 amide bonds. The van der Waals surface area contributed by atoms with E-state index in [-0.39, 0.29) is 0 Å². The van der Waals surface area contributed by atoms with Gasteiger partial charge in [-0.25, -0.2) is 4.98 Å². The maximum absolute atomic E-state index is 9.58. The van der Waals surface area contributed by atoms with Crippen molar-refractivity contribution in [3.63, 3.8) is 0 Å². The fourth-order valence-corrected chi connectivity index (χ4v) is 3.39. The molecule has 3 rings (SSSR count). The molecule has 0 saturated carbocycles. The Bertz CT molecular complexity index is 721. The fraction of sp³-hybridized carbons (Fsp3) is 0.133. The minimum Gasteiger partial charge on any atom is -0.389 e. The summed E-state index contributed by atoms with van der Waals surface area (Å²) in [4.78, 5) is 8.90. The van der Waals surface area contributed by atoms with Crippen molar-refractivity contribution in [2.24, 2.45) is 0 Å². The number of para-hydroxylation sites is 2. The number of H-pyrrole nitrogens is 1. The highest BCUT2D eigenvalue weighted by Gasteiger charge is 2.09. The first-order chi connectivity index (χ1) is 9.63. The smallest absolute Gasteiger partial charge is 0.171 e. The fourth-order valence-electron chi connectivity index (χ4n) is 1.94. The number of halogens is 1. The second kappa shape index (κ2) is 5.60. The largest absolute Gasteiger partial charge is 0.389 e. The number of fused-ring (bicyclic) bond motifs is 1. The minimum atomic E-state index is -0.462. The Kier molecular flexibility index (Phi) is 3.83. The lowest BCUT2D eigenvalue weighted by Crippen LogP contribution is -1.91. The molecule has 0 radical (unpaired) electrons. The number of aromatic nitrogens is 2. The van der Waals surface area contributed by atoms with E-state index in [0.29, 0.717) is 0 Å². The SMILES string of the molecule is C[C@@H](O)c1ccc(Sc2nc3ccccc3[nH]2)c(Br)c1. The van der Waals surface area contributed by atoms with Crippen LogP contribution in [0.5, 0.6) is 0 Å². The van der Waals surface area contributed by atoms with Gasteiger partial charge in [0.1, 0.15) is 0 Å². The third-order valence-corrected chi connectivity index (χ3v) is 4.89. The first-order valence-corrected chi connectivity index (χ1v) is 7.84. The number of aliphatic hydroxyl groups excluding tert-OH is 1. The van der Waals surface area contributed by atoms with Gasteiger partial charge in [-0.05, 0) is 52.7 Å². The van der Waals surface area contributed by atoms with Crippen LogP contribution in [0.15, 0.2) is 57.0 Å². The van der Waals surface area contributed by atoms with Crippen molar-refractivity contribution in [2.75, 3.05) is 0 Å². The summed E-state index contributed by atoms with van der Waals surface area (Å²) in [6.07, 6.45) is -0.462. The molecule has 1 aromatic heterocycles. The molecule has 2 N–H and O–H groups in total. The van der Waals surface area contributed by atoms with Crippen molar-refractivity contribution in [1.29, 1.82) is 0 Å². The maximum atomic E-state index is 9.58. The predicted octanol–water partition coefficient (Wildman–Crippen LogP) is 4.53. The van der Waals surface area contributed by atoms with Crippen LogP contribution in [-0.4, -0.2) is 15.1 Å². The van der Waals surface area contributed by atoms with Gasteiger partial charge in [0.25, 0.3) is 0 Å². The molecule has 0 spiro atoms. The number of hydrogen-bond acceptors (Lipinski definition) is 3. The second-order valence-corrected chi connectivity index (χ2v) is 6.41. The number of nitrogens with one attached hydrogen (secondary N) is 1. The molecule has 2 aromatic carbocycles. The summed E-state index contributed by atoms with van der Waals surface area (Å²) in [6, 6.07) is 13.8. The van der Waals surface area contributed by atoms with E-state index < -0.39 is 6.10 Å². The topological polar surface area (TPSA) is 48.9 Å². The van der Waals surface area contributed by atoms with Crippen LogP contribution in [0.3, 0.4) is 0 Å². The van der Waals surface area contributed by atoms with Gasteiger partial charge < -0.3 is 10.1 Å². The highest BCUT2D eigenvalue weighted by Crippen LogP contribution is 2.34. The monoisotopic (exact) mass is 348 g/mol. The van der Waals surface area contributed by atoms with Gasteiger partial charge in [-0.2, -0.15) is 0 Å². The Morgan fingerprint density at radius 3 is 2.75 bits per heavy atom. The van der Waals surface area contributed by atoms with Crippen LogP contribution in [0.25, 0.3) is 11.0 Å². The number of imidazole rings is 1. The molecule has 1 heterocycles. The summed E-state index contributed by atoms with van der Waals surface area (Å²) in [6.45, 7) is 1.76. The van der Waals surface area contributed by atoms with Gasteiger partial charge >= 0.3 is 0 Å². The van der Waals surface area contributed by atoms with Crippen molar-refractivity contribution in [3.8, 4) is 0 Å². The second-order valence-electron chi connectivity index (χ2n) is 4.53. The minimum absolute atomic E-state index is 0.462. The standard InChI is InChI=1S/C15H13BrN2OS/c1-9(19)10-6-7-14(11(16)8-10)20-15-17-12-4-2-3-5-13(12)18-15/h2-9,19H,1H3,(H,17,18)/t9-/m1/s1. The van der Waals surface area contributed by atoms with E-state index in [1.165, 1.54) is 0 Å². The van der Waals surface area contributed by atoms with Crippen LogP contribution in [0.2, 0.25) is 0 Å². The molecule has 3 nitrogen and oxygen atoms in total. The lowest BCUT2D eigenvalue weighted by atomic mass is 10.1. The molecule has 0 fully saturated rings. The lowest BCUT2D eigenvalue weighted by molar-refractivity contribution is 0.199. The van der Waals surface area contributed by atoms with Gasteiger partial charge in [-0.1, -0.05) is 30.0 Å². The number of aliphatic hydroxyl groups is 1. The zero-order valence-electron chi connectivity index (χ0n) is 10.8. The quantitative estimate of drug-likeness (QED) is 0.730. The maximum Gasteiger partial charge on any atom is 0.171 e. The summed E-state index contributed by atoms with van der Waals surface area (Å²) >= 11 is 5.11. The Hall–Kier alpha value is -1.30. The van der Waals surface area contributed by atoms with Crippen LogP contribution < -0.4 is 0 Å². The van der Waals surface area contributed by atoms with E-state index in [9.17, 15) is 5.11 Å². The van der Waals surface area contributed by atoms with Crippen LogP contribution in [0.4, 0.5) is 0 Å². The molecule has 0 unspecified atom stereocenters. The summed E-state index contributed by atoms with van der Waals surface area (Å²) in [5, 5.41) is 10.4. The third-order valence-electron chi connectivity index (χ3n) is 3.01. The van der Waals surface area contributed by atoms with Crippen LogP contribution in [0.1, 0.15) is 18.6 Å². The molecular weight excluding hydrogens is 336 g/mol. The zero-order valence-corrected chi connectivity index (χ0v) is 13.2. The van der Waals surface area contributed by atoms with Gasteiger partial charge in [-0.15, -0.1) is 0 Å². The molecule has 20 heavy (non-hydrogen) atoms. The first kappa shape index (κ1) is 13.7. The Morgan fingerprint density at radius 2 is 2.05 bits per heavy atom. The Morgan fingerprint density at radius 1 is 1.25 bits per heavy atom. The molecule has 0 aliphatic rings. The van der Waals surface area contributed by atoms with Gasteiger partial charge in [-0.3, -0.25) is 0 Å². The van der Waals surface area contributed by atoms with Crippen molar-refractivity contribution >= 4 is 38.7 Å². The van der Waals surface area contributed by atoms with E-state index in [1.807, 2.05) is 42.5 Å². The van der Waals surface area contributed by atoms with Crippen molar-refractivity contribution in [2.45, 2.75) is 23.1 Å². The van der Waals surface area contributed by atoms with Crippen LogP contribution in [0, 0.1) is 0 Å². The predicted molar refractivity (Wildman–Crippen MR) is 85.0 cm³/mol. The van der Waals surface area contributed by atoms with E-state index in [2.05, 4.69) is 25.9 Å². The summed E-state index contributed by atoms with van der Waals surface area (Å²) in [5.74, 6) is 0. The van der Waals surface area contributed by atoms with E-state index >= 15 is 0 Å². The molecule has 0 bridgehead atoms. The summed E-state index contributed by atoms with van der Waals surface area (Å²) < 4.78 is 0.960. The lowest BCUT2D eigenvalue weighted by Gasteiger charge is -2.07. The van der Waals surface area contributed by atoms with Crippen LogP contribution >= 0.6 is 27.7 Å². The molecule has 3 aromatic rings. The molecule has 0 saturated heterocycles. The molecule has 0 aliphatic heterocycles. The van der Waals surface area contributed by atoms with E-state index in [1.54, 1.807) is 18.7 Å². The van der Waals surface area contributed by atoms with Crippen molar-refractivity contribution < 1.29 is 5.11 Å². The van der Waals surface area contributed by atoms with E-state index in [4.69, 9.17) is 0 Å². The highest BCUT2D eigenvalue weighted by molar-refractivity contribution is 9.10. The number of hydrogen-bond donors (Lipinski definition) is 2. The van der Waals surface area contributed by atoms with Gasteiger partial charge in [0.2, 0.25) is 0 Å². The van der Waals surface area contributed by atoms with Gasteiger partial charge in [0.05, 0.1) is 17.1 Å². The summed E-state index contributed by atoms with van der Waals surface area (Å²) in [7, 11) is 0. The number of aromatic amines is 1. The number of nitrogens with zero attached hydrogens (tertiary/aromatic N) is 1. The molecule has 0 aliphatic carbocycles. The normalized spacial score (nSPS) is 12.8. The Labute approximate surface area is 129 Å². The Balaban J connectivity index is 1.90. The highest BCUT2D eigenvalue weighted by atomic mass is 79.9. The molecule has 102 valence electrons. The van der Waals surface area contributed by atoms with Crippen molar-refractivity contribution in [1.82, 2.24) is 9.97 Å². The average Bonchev–Trinajstić information content (AvgIpc) is 2.83. The number of benzene rings is 2. The van der Waals surface area contributed by atoms with E-state index in [0.717, 1.165) is 31.1 Å². The molecule has 5 heteroatoms. The van der Waals surface area contributed by atoms with Gasteiger partial charge in [0, 0.05) is 9.37 Å². The average molecular weight is 349 g/mol. The van der Waals surface area contributed by atoms with Gasteiger partial charge in [0.15, 0.2) is 5.16 Å². The summed E-state index contributed by atoms with van der Waals surface area (Å²) in [5.41, 5.74) is 2.89. The zero-order chi connectivity index (χ0) is 14.1. The molecular formula is C15H13BrN2OS. The third kappa shape index (κ3) is 2.75. The van der Waals surface area contributed by atoms with Crippen LogP contribution in [-0.2, 0) is 0 Å². The molecule has 1 atom stereocenters. The number of rotatable bonds is 3.